The largest absolute Gasteiger partial charge is 0.343 e. The maximum absolute atomic E-state index is 12.4. The molecule has 0 radical (unpaired) electrons. The van der Waals surface area contributed by atoms with Gasteiger partial charge in [-0.15, -0.1) is 0 Å². The van der Waals surface area contributed by atoms with Crippen LogP contribution in [-0.4, -0.2) is 35.9 Å². The molecule has 4 rings (SSSR count). The third-order valence-corrected chi connectivity index (χ3v) is 8.21. The molecule has 0 saturated heterocycles. The Balaban J connectivity index is 1.35. The van der Waals surface area contributed by atoms with Crippen LogP contribution in [0, 0.1) is 6.92 Å². The molecular weight excluding hydrogens is 474 g/mol. The summed E-state index contributed by atoms with van der Waals surface area (Å²) in [5, 5.41) is 2.62. The topological polar surface area (TPSA) is 117 Å². The Labute approximate surface area is 211 Å². The van der Waals surface area contributed by atoms with Crippen LogP contribution in [0.3, 0.4) is 0 Å². The number of nitrogens with zero attached hydrogens (tertiary/aromatic N) is 2. The number of imidazole rings is 1. The predicted molar refractivity (Wildman–Crippen MR) is 140 cm³/mol. The van der Waals surface area contributed by atoms with E-state index in [-0.39, 0.29) is 16.2 Å². The van der Waals surface area contributed by atoms with E-state index in [1.54, 1.807) is 24.7 Å². The van der Waals surface area contributed by atoms with Crippen molar-refractivity contribution in [2.45, 2.75) is 50.3 Å². The zero-order valence-electron chi connectivity index (χ0n) is 20.9. The van der Waals surface area contributed by atoms with Gasteiger partial charge in [0, 0.05) is 12.7 Å². The second kappa shape index (κ2) is 10.1. The first kappa shape index (κ1) is 25.4. The first-order valence-corrected chi connectivity index (χ1v) is 13.3. The minimum atomic E-state index is -3.91. The smallest absolute Gasteiger partial charge is 0.328 e. The number of amides is 2. The molecule has 1 unspecified atom stereocenters. The standard InChI is InChI=1S/C27H31N5O3S/c1-18-5-11-22(12-6-18)36(34,35)32-26(33)29-15-13-20-7-9-21(10-8-20)27(3,4)19(2)23-14-16-28-25-24(23)30-17-31-25/h5-12,14,16-17,19H,13,15H2,1-4H3,(H,28,30,31)(H2,29,32,33). The fourth-order valence-electron chi connectivity index (χ4n) is 4.22. The molecule has 0 aliphatic heterocycles. The highest BCUT2D eigenvalue weighted by Gasteiger charge is 2.30. The molecule has 2 aromatic carbocycles. The van der Waals surface area contributed by atoms with Gasteiger partial charge in [-0.2, -0.15) is 0 Å². The number of hydrogen-bond donors (Lipinski definition) is 3. The van der Waals surface area contributed by atoms with E-state index in [1.807, 2.05) is 25.1 Å². The lowest BCUT2D eigenvalue weighted by Crippen LogP contribution is -2.40. The molecule has 9 heteroatoms. The number of aryl methyl sites for hydroxylation is 1. The second-order valence-electron chi connectivity index (χ2n) is 9.57. The minimum Gasteiger partial charge on any atom is -0.343 e. The third-order valence-electron chi connectivity index (χ3n) is 6.86. The Morgan fingerprint density at radius 2 is 1.72 bits per heavy atom. The number of nitrogens with one attached hydrogen (secondary N) is 3. The molecule has 4 aromatic rings. The summed E-state index contributed by atoms with van der Waals surface area (Å²) in [6, 6.07) is 15.9. The van der Waals surface area contributed by atoms with Crippen molar-refractivity contribution < 1.29 is 13.2 Å². The van der Waals surface area contributed by atoms with Gasteiger partial charge in [-0.1, -0.05) is 62.7 Å². The predicted octanol–water partition coefficient (Wildman–Crippen LogP) is 4.58. The monoisotopic (exact) mass is 505 g/mol. The second-order valence-corrected chi connectivity index (χ2v) is 11.2. The van der Waals surface area contributed by atoms with Gasteiger partial charge < -0.3 is 10.3 Å². The molecule has 0 fully saturated rings. The summed E-state index contributed by atoms with van der Waals surface area (Å²) in [6.45, 7) is 8.81. The zero-order valence-corrected chi connectivity index (χ0v) is 21.7. The van der Waals surface area contributed by atoms with E-state index in [0.29, 0.717) is 18.6 Å². The number of rotatable bonds is 8. The van der Waals surface area contributed by atoms with Crippen LogP contribution in [0.2, 0.25) is 0 Å². The maximum atomic E-state index is 12.4. The van der Waals surface area contributed by atoms with Crippen LogP contribution in [0.4, 0.5) is 4.79 Å². The van der Waals surface area contributed by atoms with E-state index >= 15 is 0 Å². The number of carbonyl (C=O) groups is 1. The van der Waals surface area contributed by atoms with Crippen LogP contribution in [0.25, 0.3) is 11.2 Å². The summed E-state index contributed by atoms with van der Waals surface area (Å²) in [5.74, 6) is 0.204. The summed E-state index contributed by atoms with van der Waals surface area (Å²) in [7, 11) is -3.91. The van der Waals surface area contributed by atoms with E-state index in [1.165, 1.54) is 23.3 Å². The van der Waals surface area contributed by atoms with Crippen LogP contribution in [0.5, 0.6) is 0 Å². The Kier molecular flexibility index (Phi) is 7.12. The van der Waals surface area contributed by atoms with Crippen LogP contribution in [-0.2, 0) is 21.9 Å². The lowest BCUT2D eigenvalue weighted by Gasteiger charge is -2.33. The summed E-state index contributed by atoms with van der Waals surface area (Å²) in [4.78, 5) is 24.0. The number of pyridine rings is 1. The van der Waals surface area contributed by atoms with Gasteiger partial charge in [-0.3, -0.25) is 0 Å². The molecule has 2 amide bonds. The number of H-pyrrole nitrogens is 1. The van der Waals surface area contributed by atoms with Crippen molar-refractivity contribution in [1.29, 1.82) is 0 Å². The van der Waals surface area contributed by atoms with E-state index in [9.17, 15) is 13.2 Å². The number of aromatic nitrogens is 3. The molecule has 0 aliphatic rings. The molecule has 3 N–H and O–H groups in total. The van der Waals surface area contributed by atoms with Crippen LogP contribution in [0.1, 0.15) is 48.9 Å². The van der Waals surface area contributed by atoms with Gasteiger partial charge >= 0.3 is 6.03 Å². The van der Waals surface area contributed by atoms with Crippen molar-refractivity contribution in [2.75, 3.05) is 6.54 Å². The van der Waals surface area contributed by atoms with E-state index < -0.39 is 16.1 Å². The quantitative estimate of drug-likeness (QED) is 0.324. The van der Waals surface area contributed by atoms with Crippen molar-refractivity contribution in [2.24, 2.45) is 0 Å². The molecule has 0 spiro atoms. The minimum absolute atomic E-state index is 0.0516. The Hall–Kier alpha value is -3.72. The van der Waals surface area contributed by atoms with Gasteiger partial charge in [-0.05, 0) is 59.6 Å². The highest BCUT2D eigenvalue weighted by Crippen LogP contribution is 2.40. The fourth-order valence-corrected chi connectivity index (χ4v) is 5.15. The highest BCUT2D eigenvalue weighted by molar-refractivity contribution is 7.90. The SMILES string of the molecule is Cc1ccc(S(=O)(=O)NC(=O)NCCc2ccc(C(C)(C)C(C)c3ccnc4nc[nH]c34)cc2)cc1. The van der Waals surface area contributed by atoms with Crippen molar-refractivity contribution in [1.82, 2.24) is 25.0 Å². The number of sulfonamides is 1. The summed E-state index contributed by atoms with van der Waals surface area (Å²) in [6.07, 6.45) is 4.04. The van der Waals surface area contributed by atoms with Crippen LogP contribution < -0.4 is 10.0 Å². The fraction of sp³-hybridized carbons (Fsp3) is 0.296. The summed E-state index contributed by atoms with van der Waals surface area (Å²) >= 11 is 0. The lowest BCUT2D eigenvalue weighted by atomic mass is 9.71. The first-order valence-electron chi connectivity index (χ1n) is 11.8. The molecule has 2 heterocycles. The molecule has 8 nitrogen and oxygen atoms in total. The highest BCUT2D eigenvalue weighted by atomic mass is 32.2. The maximum Gasteiger partial charge on any atom is 0.328 e. The number of carbonyl (C=O) groups excluding carboxylic acids is 1. The van der Waals surface area contributed by atoms with Crippen molar-refractivity contribution in [3.05, 3.63) is 89.4 Å². The molecule has 0 aliphatic carbocycles. The van der Waals surface area contributed by atoms with Gasteiger partial charge in [0.05, 0.1) is 16.7 Å². The van der Waals surface area contributed by atoms with Crippen molar-refractivity contribution in [3.8, 4) is 0 Å². The van der Waals surface area contributed by atoms with E-state index in [2.05, 4.69) is 57.9 Å². The number of aromatic amines is 1. The number of hydrogen-bond acceptors (Lipinski definition) is 5. The summed E-state index contributed by atoms with van der Waals surface area (Å²) in [5.41, 5.74) is 5.87. The van der Waals surface area contributed by atoms with Gasteiger partial charge in [0.1, 0.15) is 0 Å². The molecule has 1 atom stereocenters. The Morgan fingerprint density at radius 1 is 1.03 bits per heavy atom. The van der Waals surface area contributed by atoms with Crippen molar-refractivity contribution in [3.63, 3.8) is 0 Å². The molecular formula is C27H31N5O3S. The molecule has 2 aromatic heterocycles. The average Bonchev–Trinajstić information content (AvgIpc) is 3.33. The van der Waals surface area contributed by atoms with Gasteiger partial charge in [0.25, 0.3) is 10.0 Å². The van der Waals surface area contributed by atoms with Gasteiger partial charge in [0.2, 0.25) is 0 Å². The zero-order chi connectivity index (χ0) is 25.9. The van der Waals surface area contributed by atoms with E-state index in [0.717, 1.165) is 16.6 Å². The van der Waals surface area contributed by atoms with Crippen LogP contribution >= 0.6 is 0 Å². The van der Waals surface area contributed by atoms with Crippen LogP contribution in [0.15, 0.2) is 72.0 Å². The molecule has 36 heavy (non-hydrogen) atoms. The molecule has 188 valence electrons. The lowest BCUT2D eigenvalue weighted by molar-refractivity contribution is 0.246. The molecule has 0 saturated carbocycles. The Morgan fingerprint density at radius 3 is 2.42 bits per heavy atom. The normalized spacial score (nSPS) is 12.9. The van der Waals surface area contributed by atoms with Crippen molar-refractivity contribution >= 4 is 27.2 Å². The third kappa shape index (κ3) is 5.41. The van der Waals surface area contributed by atoms with Gasteiger partial charge in [-0.25, -0.2) is 27.9 Å². The summed E-state index contributed by atoms with van der Waals surface area (Å²) < 4.78 is 26.8. The van der Waals surface area contributed by atoms with Gasteiger partial charge in [0.15, 0.2) is 5.65 Å². The first-order chi connectivity index (χ1) is 17.1. The average molecular weight is 506 g/mol. The number of benzene rings is 2. The van der Waals surface area contributed by atoms with E-state index in [4.69, 9.17) is 0 Å². The number of urea groups is 1. The Bertz CT molecular complexity index is 1460. The molecule has 0 bridgehead atoms. The number of fused-ring (bicyclic) bond motifs is 1.